The third kappa shape index (κ3) is 2.26. The maximum atomic E-state index is 10.5. The van der Waals surface area contributed by atoms with Gasteiger partial charge in [0, 0.05) is 30.8 Å². The lowest BCUT2D eigenvalue weighted by Crippen LogP contribution is -2.07. The first-order valence-electron chi connectivity index (χ1n) is 4.85. The molecule has 0 aliphatic heterocycles. The molecule has 88 valence electrons. The molecule has 0 aliphatic carbocycles. The van der Waals surface area contributed by atoms with Gasteiger partial charge in [0.2, 0.25) is 5.88 Å². The fourth-order valence-electron chi connectivity index (χ4n) is 1.40. The second-order valence-electron chi connectivity index (χ2n) is 3.47. The first-order valence-corrected chi connectivity index (χ1v) is 4.85. The normalized spacial score (nSPS) is 10.2. The lowest BCUT2D eigenvalue weighted by atomic mass is 10.1. The summed E-state index contributed by atoms with van der Waals surface area (Å²) in [7, 11) is 1.44. The number of rotatable bonds is 3. The van der Waals surface area contributed by atoms with Crippen LogP contribution in [0, 0.1) is 10.1 Å². The van der Waals surface area contributed by atoms with E-state index < -0.39 is 4.92 Å². The number of hydrogen-bond donors (Lipinski definition) is 1. The van der Waals surface area contributed by atoms with Gasteiger partial charge < -0.3 is 4.42 Å². The van der Waals surface area contributed by atoms with Gasteiger partial charge in [0.05, 0.1) is 4.92 Å². The smallest absolute Gasteiger partial charge is 0.269 e. The van der Waals surface area contributed by atoms with Gasteiger partial charge in [-0.3, -0.25) is 15.3 Å². The minimum absolute atomic E-state index is 0.0276. The molecule has 2 aromatic rings. The summed E-state index contributed by atoms with van der Waals surface area (Å²) in [5.74, 6) is 0.842. The second-order valence-corrected chi connectivity index (χ2v) is 3.47. The number of nitrogens with zero attached hydrogens (tertiary/aromatic N) is 2. The molecular formula is C11H10N2O4. The van der Waals surface area contributed by atoms with Crippen molar-refractivity contribution in [3.8, 4) is 11.3 Å². The van der Waals surface area contributed by atoms with E-state index in [1.807, 2.05) is 0 Å². The van der Waals surface area contributed by atoms with E-state index in [-0.39, 0.29) is 5.69 Å². The van der Waals surface area contributed by atoms with Gasteiger partial charge in [0.1, 0.15) is 5.76 Å². The molecule has 0 fully saturated rings. The third-order valence-corrected chi connectivity index (χ3v) is 2.27. The van der Waals surface area contributed by atoms with Crippen molar-refractivity contribution in [2.45, 2.75) is 0 Å². The van der Waals surface area contributed by atoms with Crippen molar-refractivity contribution in [3.63, 3.8) is 0 Å². The Labute approximate surface area is 96.8 Å². The predicted octanol–water partition coefficient (Wildman–Crippen LogP) is 2.68. The molecule has 1 heterocycles. The van der Waals surface area contributed by atoms with Crippen LogP contribution in [0.4, 0.5) is 11.6 Å². The van der Waals surface area contributed by atoms with Gasteiger partial charge >= 0.3 is 0 Å². The first-order chi connectivity index (χ1) is 8.08. The molecule has 2 rings (SSSR count). The molecule has 1 aromatic carbocycles. The molecule has 1 aromatic heterocycles. The van der Waals surface area contributed by atoms with Crippen LogP contribution >= 0.6 is 0 Å². The quantitative estimate of drug-likeness (QED) is 0.652. The molecule has 6 nitrogen and oxygen atoms in total. The van der Waals surface area contributed by atoms with Crippen molar-refractivity contribution < 1.29 is 14.5 Å². The minimum atomic E-state index is -0.459. The van der Waals surface area contributed by atoms with Crippen LogP contribution in [0.15, 0.2) is 40.8 Å². The van der Waals surface area contributed by atoms with Crippen molar-refractivity contribution in [1.29, 1.82) is 0 Å². The number of nitro benzene ring substituents is 1. The Bertz CT molecular complexity index is 531. The van der Waals surface area contributed by atoms with E-state index in [4.69, 9.17) is 9.62 Å². The second kappa shape index (κ2) is 4.26. The zero-order valence-electron chi connectivity index (χ0n) is 9.03. The lowest BCUT2D eigenvalue weighted by molar-refractivity contribution is -0.384. The molecule has 1 N–H and O–H groups in total. The average molecular weight is 234 g/mol. The number of furan rings is 1. The van der Waals surface area contributed by atoms with Gasteiger partial charge in [-0.1, -0.05) is 0 Å². The summed E-state index contributed by atoms with van der Waals surface area (Å²) < 4.78 is 5.34. The fourth-order valence-corrected chi connectivity index (χ4v) is 1.40. The SMILES string of the molecule is CN(O)c1ccc(-c2ccc([N+](=O)[O-])cc2)o1. The Morgan fingerprint density at radius 3 is 2.35 bits per heavy atom. The highest BCUT2D eigenvalue weighted by molar-refractivity contribution is 5.61. The number of non-ortho nitro benzene ring substituents is 1. The molecule has 6 heteroatoms. The molecule has 0 radical (unpaired) electrons. The maximum Gasteiger partial charge on any atom is 0.269 e. The van der Waals surface area contributed by atoms with Crippen LogP contribution in [-0.2, 0) is 0 Å². The summed E-state index contributed by atoms with van der Waals surface area (Å²) in [5.41, 5.74) is 0.739. The Kier molecular flexibility index (Phi) is 2.80. The number of benzene rings is 1. The molecule has 0 aliphatic rings. The van der Waals surface area contributed by atoms with E-state index in [2.05, 4.69) is 0 Å². The van der Waals surface area contributed by atoms with E-state index in [9.17, 15) is 10.1 Å². The molecule has 0 spiro atoms. The van der Waals surface area contributed by atoms with E-state index in [0.29, 0.717) is 17.2 Å². The maximum absolute atomic E-state index is 10.5. The largest absolute Gasteiger partial charge is 0.438 e. The van der Waals surface area contributed by atoms with Gasteiger partial charge in [0.15, 0.2) is 0 Å². The summed E-state index contributed by atoms with van der Waals surface area (Å²) in [6.45, 7) is 0. The number of hydroxylamine groups is 1. The molecule has 17 heavy (non-hydrogen) atoms. The third-order valence-electron chi connectivity index (χ3n) is 2.27. The summed E-state index contributed by atoms with van der Waals surface area (Å²) in [5, 5.41) is 20.5. The van der Waals surface area contributed by atoms with E-state index in [1.54, 1.807) is 24.3 Å². The van der Waals surface area contributed by atoms with Crippen molar-refractivity contribution in [2.75, 3.05) is 12.1 Å². The summed E-state index contributed by atoms with van der Waals surface area (Å²) in [6, 6.07) is 9.29. The number of hydrogen-bond acceptors (Lipinski definition) is 5. The summed E-state index contributed by atoms with van der Waals surface area (Å²) in [6.07, 6.45) is 0. The Morgan fingerprint density at radius 2 is 1.88 bits per heavy atom. The van der Waals surface area contributed by atoms with Gasteiger partial charge in [-0.15, -0.1) is 0 Å². The van der Waals surface area contributed by atoms with Crippen molar-refractivity contribution >= 4 is 11.6 Å². The van der Waals surface area contributed by atoms with E-state index in [0.717, 1.165) is 5.06 Å². The average Bonchev–Trinajstić information content (AvgIpc) is 2.78. The van der Waals surface area contributed by atoms with Gasteiger partial charge in [0.25, 0.3) is 5.69 Å². The zero-order chi connectivity index (χ0) is 12.4. The summed E-state index contributed by atoms with van der Waals surface area (Å²) in [4.78, 5) is 10.0. The minimum Gasteiger partial charge on any atom is -0.438 e. The van der Waals surface area contributed by atoms with Crippen LogP contribution in [0.3, 0.4) is 0 Å². The molecule has 0 unspecified atom stereocenters. The fraction of sp³-hybridized carbons (Fsp3) is 0.0909. The van der Waals surface area contributed by atoms with Crippen LogP contribution in [0.5, 0.6) is 0 Å². The lowest BCUT2D eigenvalue weighted by Gasteiger charge is -2.04. The number of anilines is 1. The monoisotopic (exact) mass is 234 g/mol. The van der Waals surface area contributed by atoms with Crippen molar-refractivity contribution in [3.05, 3.63) is 46.5 Å². The van der Waals surface area contributed by atoms with Crippen LogP contribution in [-0.4, -0.2) is 17.2 Å². The van der Waals surface area contributed by atoms with Crippen LogP contribution in [0.25, 0.3) is 11.3 Å². The highest BCUT2D eigenvalue weighted by Crippen LogP contribution is 2.27. The van der Waals surface area contributed by atoms with Crippen LogP contribution < -0.4 is 5.06 Å². The molecule has 0 saturated heterocycles. The van der Waals surface area contributed by atoms with Gasteiger partial charge in [-0.25, -0.2) is 5.06 Å². The molecular weight excluding hydrogens is 224 g/mol. The molecule has 0 atom stereocenters. The van der Waals surface area contributed by atoms with Crippen molar-refractivity contribution in [1.82, 2.24) is 0 Å². The van der Waals surface area contributed by atoms with Gasteiger partial charge in [-0.05, 0) is 18.2 Å². The highest BCUT2D eigenvalue weighted by atomic mass is 16.6. The number of nitro groups is 1. The molecule has 0 amide bonds. The standard InChI is InChI=1S/C11H10N2O4/c1-12(14)11-7-6-10(17-11)8-2-4-9(5-3-8)13(15)16/h2-7,14H,1H3. The van der Waals surface area contributed by atoms with Crippen LogP contribution in [0.1, 0.15) is 0 Å². The summed E-state index contributed by atoms with van der Waals surface area (Å²) >= 11 is 0. The Hall–Kier alpha value is -2.34. The van der Waals surface area contributed by atoms with Crippen LogP contribution in [0.2, 0.25) is 0 Å². The topological polar surface area (TPSA) is 79.8 Å². The highest BCUT2D eigenvalue weighted by Gasteiger charge is 2.09. The molecule has 0 bridgehead atoms. The van der Waals surface area contributed by atoms with Gasteiger partial charge in [-0.2, -0.15) is 0 Å². The predicted molar refractivity (Wildman–Crippen MR) is 61.0 cm³/mol. The zero-order valence-corrected chi connectivity index (χ0v) is 9.03. The van der Waals surface area contributed by atoms with Crippen molar-refractivity contribution in [2.24, 2.45) is 0 Å². The van der Waals surface area contributed by atoms with E-state index in [1.165, 1.54) is 19.2 Å². The Morgan fingerprint density at radius 1 is 1.24 bits per heavy atom. The first kappa shape index (κ1) is 11.2. The Balaban J connectivity index is 2.30. The van der Waals surface area contributed by atoms with E-state index >= 15 is 0 Å². The molecule has 0 saturated carbocycles.